The Labute approximate surface area is 289 Å². The molecule has 1 N–H and O–H groups in total. The minimum absolute atomic E-state index is 0. The van der Waals surface area contributed by atoms with Crippen LogP contribution in [0.15, 0.2) is 60.7 Å². The molecule has 0 atom stereocenters. The highest BCUT2D eigenvalue weighted by molar-refractivity contribution is 5.85. The van der Waals surface area contributed by atoms with Gasteiger partial charge in [0.05, 0.1) is 12.3 Å². The van der Waals surface area contributed by atoms with Gasteiger partial charge < -0.3 is 24.4 Å². The highest BCUT2D eigenvalue weighted by Gasteiger charge is 2.13. The van der Waals surface area contributed by atoms with Crippen molar-refractivity contribution in [2.24, 2.45) is 0 Å². The van der Waals surface area contributed by atoms with Gasteiger partial charge in [0.1, 0.15) is 12.4 Å². The highest BCUT2D eigenvalue weighted by Crippen LogP contribution is 2.28. The molecule has 2 fully saturated rings. The Bertz CT molecular complexity index is 1170. The third-order valence-corrected chi connectivity index (χ3v) is 8.43. The van der Waals surface area contributed by atoms with Gasteiger partial charge in [0.2, 0.25) is 5.88 Å². The van der Waals surface area contributed by atoms with Crippen LogP contribution in [0.3, 0.4) is 0 Å². The molecule has 46 heavy (non-hydrogen) atoms. The standard InChI is InChI=1S/C29H37N3O2.C8H17NO.2ClH/c1-2-3-13-28-27(22-29(31-30-28)33-21-10-20-32-18-8-5-9-19-32)25-14-16-26(17-15-25)34-23-24-11-6-4-7-12-24;10-8-4-7-9-5-2-1-3-6-9;;/h4,6-7,11-12,14-17,22H,2-3,5,8-10,13,18-21,23H2,1H3;10H,1-8H2;2*1H. The molecule has 5 rings (SSSR count). The number of hydrogen-bond acceptors (Lipinski definition) is 7. The first-order valence-corrected chi connectivity index (χ1v) is 17.1. The van der Waals surface area contributed by atoms with E-state index in [4.69, 9.17) is 14.6 Å². The molecule has 1 aromatic heterocycles. The summed E-state index contributed by atoms with van der Waals surface area (Å²) in [7, 11) is 0. The number of aryl methyl sites for hydroxylation is 1. The van der Waals surface area contributed by atoms with Crippen LogP contribution < -0.4 is 9.47 Å². The lowest BCUT2D eigenvalue weighted by molar-refractivity contribution is 0.198. The first-order valence-electron chi connectivity index (χ1n) is 17.1. The molecule has 7 nitrogen and oxygen atoms in total. The zero-order chi connectivity index (χ0) is 30.7. The van der Waals surface area contributed by atoms with E-state index in [2.05, 4.69) is 57.3 Å². The number of ether oxygens (including phenoxy) is 2. The van der Waals surface area contributed by atoms with E-state index in [-0.39, 0.29) is 24.8 Å². The van der Waals surface area contributed by atoms with Gasteiger partial charge in [0, 0.05) is 31.3 Å². The fourth-order valence-electron chi connectivity index (χ4n) is 5.85. The molecule has 2 aliphatic heterocycles. The summed E-state index contributed by atoms with van der Waals surface area (Å²) in [5.41, 5.74) is 4.41. The monoisotopic (exact) mass is 674 g/mol. The van der Waals surface area contributed by atoms with E-state index >= 15 is 0 Å². The van der Waals surface area contributed by atoms with Crippen LogP contribution in [0.5, 0.6) is 11.6 Å². The average Bonchev–Trinajstić information content (AvgIpc) is 3.09. The van der Waals surface area contributed by atoms with Crippen molar-refractivity contribution >= 4 is 24.8 Å². The Hall–Kier alpha value is -2.42. The minimum Gasteiger partial charge on any atom is -0.489 e. The van der Waals surface area contributed by atoms with E-state index in [1.807, 2.05) is 30.3 Å². The molecular weight excluding hydrogens is 619 g/mol. The van der Waals surface area contributed by atoms with Gasteiger partial charge in [-0.05, 0) is 101 Å². The van der Waals surface area contributed by atoms with E-state index < -0.39 is 0 Å². The number of unbranched alkanes of at least 4 members (excludes halogenated alkanes) is 1. The van der Waals surface area contributed by atoms with E-state index in [9.17, 15) is 0 Å². The summed E-state index contributed by atoms with van der Waals surface area (Å²) in [4.78, 5) is 4.99. The topological polar surface area (TPSA) is 71.0 Å². The second-order valence-corrected chi connectivity index (χ2v) is 12.0. The Morgan fingerprint density at radius 1 is 0.717 bits per heavy atom. The number of rotatable bonds is 15. The van der Waals surface area contributed by atoms with Crippen LogP contribution in [-0.4, -0.2) is 77.6 Å². The minimum atomic E-state index is 0. The van der Waals surface area contributed by atoms with Gasteiger partial charge >= 0.3 is 0 Å². The molecule has 256 valence electrons. The van der Waals surface area contributed by atoms with Crippen LogP contribution in [-0.2, 0) is 13.0 Å². The Balaban J connectivity index is 0.000000527. The van der Waals surface area contributed by atoms with Crippen LogP contribution in [0.25, 0.3) is 11.1 Å². The van der Waals surface area contributed by atoms with Crippen LogP contribution in [0.2, 0.25) is 0 Å². The predicted molar refractivity (Wildman–Crippen MR) is 194 cm³/mol. The largest absolute Gasteiger partial charge is 0.489 e. The first kappa shape index (κ1) is 39.8. The molecular formula is C37H56Cl2N4O3. The van der Waals surface area contributed by atoms with Crippen molar-refractivity contribution in [3.05, 3.63) is 71.9 Å². The number of nitrogens with zero attached hydrogens (tertiary/aromatic N) is 4. The molecule has 3 aromatic rings. The molecule has 0 aliphatic carbocycles. The van der Waals surface area contributed by atoms with Gasteiger partial charge in [-0.1, -0.05) is 68.7 Å². The number of aliphatic hydroxyl groups is 1. The van der Waals surface area contributed by atoms with Crippen molar-refractivity contribution in [1.82, 2.24) is 20.0 Å². The molecule has 0 radical (unpaired) electrons. The van der Waals surface area contributed by atoms with Gasteiger partial charge in [-0.15, -0.1) is 29.9 Å². The van der Waals surface area contributed by atoms with Crippen molar-refractivity contribution in [1.29, 1.82) is 0 Å². The third-order valence-electron chi connectivity index (χ3n) is 8.43. The fourth-order valence-corrected chi connectivity index (χ4v) is 5.85. The molecule has 0 spiro atoms. The summed E-state index contributed by atoms with van der Waals surface area (Å²) >= 11 is 0. The molecule has 3 heterocycles. The maximum Gasteiger partial charge on any atom is 0.234 e. The number of halogens is 2. The number of piperidine rings is 2. The lowest BCUT2D eigenvalue weighted by Crippen LogP contribution is -2.31. The Morgan fingerprint density at radius 2 is 1.35 bits per heavy atom. The van der Waals surface area contributed by atoms with Crippen molar-refractivity contribution in [2.45, 2.75) is 84.2 Å². The fraction of sp³-hybridized carbons (Fsp3) is 0.568. The summed E-state index contributed by atoms with van der Waals surface area (Å²) in [5, 5.41) is 17.5. The molecule has 0 saturated carbocycles. The van der Waals surface area contributed by atoms with E-state index in [0.717, 1.165) is 73.3 Å². The second kappa shape index (κ2) is 23.8. The van der Waals surface area contributed by atoms with E-state index in [0.29, 0.717) is 25.7 Å². The summed E-state index contributed by atoms with van der Waals surface area (Å²) < 4.78 is 12.0. The average molecular weight is 676 g/mol. The number of aromatic nitrogens is 2. The lowest BCUT2D eigenvalue weighted by atomic mass is 10.0. The Kier molecular flexibility index (Phi) is 20.6. The normalized spacial score (nSPS) is 15.1. The second-order valence-electron chi connectivity index (χ2n) is 12.0. The zero-order valence-corrected chi connectivity index (χ0v) is 29.4. The van der Waals surface area contributed by atoms with Crippen molar-refractivity contribution in [2.75, 3.05) is 52.5 Å². The maximum absolute atomic E-state index is 8.57. The molecule has 2 aliphatic rings. The van der Waals surface area contributed by atoms with Crippen molar-refractivity contribution in [3.63, 3.8) is 0 Å². The van der Waals surface area contributed by atoms with Crippen molar-refractivity contribution in [3.8, 4) is 22.8 Å². The molecule has 0 amide bonds. The van der Waals surface area contributed by atoms with Gasteiger partial charge in [-0.25, -0.2) is 0 Å². The van der Waals surface area contributed by atoms with Gasteiger partial charge in [-0.2, -0.15) is 5.10 Å². The summed E-state index contributed by atoms with van der Waals surface area (Å²) in [6.45, 7) is 10.9. The van der Waals surface area contributed by atoms with Crippen LogP contribution >= 0.6 is 24.8 Å². The van der Waals surface area contributed by atoms with Crippen LogP contribution in [0, 0.1) is 0 Å². The zero-order valence-electron chi connectivity index (χ0n) is 27.8. The number of benzene rings is 2. The SMILES string of the molecule is CCCCc1nnc(OCCCN2CCCCC2)cc1-c1ccc(OCc2ccccc2)cc1.Cl.Cl.OCCCN1CCCCC1. The molecule has 2 aromatic carbocycles. The molecule has 0 bridgehead atoms. The number of hydrogen-bond donors (Lipinski definition) is 1. The first-order chi connectivity index (χ1) is 21.7. The summed E-state index contributed by atoms with van der Waals surface area (Å²) in [6, 6.07) is 20.5. The molecule has 0 unspecified atom stereocenters. The van der Waals surface area contributed by atoms with Gasteiger partial charge in [0.25, 0.3) is 0 Å². The molecule has 9 heteroatoms. The number of aliphatic hydroxyl groups excluding tert-OH is 1. The van der Waals surface area contributed by atoms with E-state index in [1.165, 1.54) is 64.7 Å². The third kappa shape index (κ3) is 14.6. The van der Waals surface area contributed by atoms with Crippen LogP contribution in [0.1, 0.15) is 82.4 Å². The van der Waals surface area contributed by atoms with Gasteiger partial charge in [-0.3, -0.25) is 0 Å². The van der Waals surface area contributed by atoms with E-state index in [1.54, 1.807) is 0 Å². The maximum atomic E-state index is 8.57. The summed E-state index contributed by atoms with van der Waals surface area (Å²) in [5.74, 6) is 1.47. The van der Waals surface area contributed by atoms with Crippen LogP contribution in [0.4, 0.5) is 0 Å². The smallest absolute Gasteiger partial charge is 0.234 e. The van der Waals surface area contributed by atoms with Crippen molar-refractivity contribution < 1.29 is 14.6 Å². The lowest BCUT2D eigenvalue weighted by Gasteiger charge is -2.26. The van der Waals surface area contributed by atoms with Gasteiger partial charge in [0.15, 0.2) is 0 Å². The summed E-state index contributed by atoms with van der Waals surface area (Å²) in [6.07, 6.45) is 13.2. The highest BCUT2D eigenvalue weighted by atomic mass is 35.5. The Morgan fingerprint density at radius 3 is 1.96 bits per heavy atom. The predicted octanol–water partition coefficient (Wildman–Crippen LogP) is 8.02. The quantitative estimate of drug-likeness (QED) is 0.164. The molecule has 2 saturated heterocycles. The number of likely N-dealkylation sites (tertiary alicyclic amines) is 2.